The summed E-state index contributed by atoms with van der Waals surface area (Å²) in [7, 11) is 1.34. The second kappa shape index (κ2) is 5.34. The average molecular weight is 213 g/mol. The van der Waals surface area contributed by atoms with Gasteiger partial charge in [-0.1, -0.05) is 6.07 Å². The molecule has 1 rings (SSSR count). The molecule has 80 valence electrons. The van der Waals surface area contributed by atoms with Crippen molar-refractivity contribution < 1.29 is 18.3 Å². The molecule has 0 radical (unpaired) electrons. The van der Waals surface area contributed by atoms with E-state index in [1.54, 1.807) is 0 Å². The zero-order valence-corrected chi connectivity index (χ0v) is 8.09. The largest absolute Gasteiger partial charge is 0.380 e. The Balaban J connectivity index is 3.09. The topological polar surface area (TPSA) is 38.7 Å². The summed E-state index contributed by atoms with van der Waals surface area (Å²) in [5.74, 6) is -1.40. The molecule has 0 N–H and O–H groups in total. The van der Waals surface area contributed by atoms with Crippen molar-refractivity contribution in [3.63, 3.8) is 0 Å². The van der Waals surface area contributed by atoms with Crippen molar-refractivity contribution in [3.05, 3.63) is 34.9 Å². The van der Waals surface area contributed by atoms with E-state index in [4.69, 9.17) is 0 Å². The van der Waals surface area contributed by atoms with Crippen molar-refractivity contribution in [2.24, 2.45) is 4.99 Å². The molecule has 3 nitrogen and oxygen atoms in total. The van der Waals surface area contributed by atoms with E-state index in [1.165, 1.54) is 19.3 Å². The van der Waals surface area contributed by atoms with Gasteiger partial charge in [0.05, 0.1) is 13.2 Å². The Kier molecular flexibility index (Phi) is 4.09. The molecule has 0 heterocycles. The molecule has 0 spiro atoms. The van der Waals surface area contributed by atoms with Gasteiger partial charge >= 0.3 is 0 Å². The Labute approximate surface area is 85.4 Å². The summed E-state index contributed by atoms with van der Waals surface area (Å²) < 4.78 is 31.3. The summed E-state index contributed by atoms with van der Waals surface area (Å²) in [5.41, 5.74) is -0.0112. The van der Waals surface area contributed by atoms with Gasteiger partial charge in [-0.25, -0.2) is 18.6 Å². The second-order valence-electron chi connectivity index (χ2n) is 2.84. The Morgan fingerprint density at radius 3 is 2.80 bits per heavy atom. The van der Waals surface area contributed by atoms with Gasteiger partial charge in [0.2, 0.25) is 6.08 Å². The lowest BCUT2D eigenvalue weighted by molar-refractivity contribution is 0.177. The molecule has 0 aliphatic heterocycles. The number of rotatable bonds is 4. The normalized spacial score (nSPS) is 9.80. The lowest BCUT2D eigenvalue weighted by Crippen LogP contribution is -2.01. The number of halogens is 2. The van der Waals surface area contributed by atoms with Crippen molar-refractivity contribution in [3.8, 4) is 0 Å². The minimum absolute atomic E-state index is 0.145. The van der Waals surface area contributed by atoms with Crippen molar-refractivity contribution in [2.45, 2.75) is 13.2 Å². The predicted octanol–water partition coefficient (Wildman–Crippen LogP) is 1.95. The summed E-state index contributed by atoms with van der Waals surface area (Å²) in [5, 5.41) is 0. The molecule has 0 aromatic heterocycles. The Hall–Kier alpha value is -1.58. The molecule has 5 heteroatoms. The van der Waals surface area contributed by atoms with Crippen molar-refractivity contribution in [1.29, 1.82) is 0 Å². The standard InChI is InChI=1S/C10H9F2NO2/c1-15-5-8-9(11)3-2-7(10(8)12)4-13-6-14/h2-3H,4-5H2,1H3. The van der Waals surface area contributed by atoms with Crippen LogP contribution in [0.2, 0.25) is 0 Å². The van der Waals surface area contributed by atoms with Crippen molar-refractivity contribution in [1.82, 2.24) is 0 Å². The van der Waals surface area contributed by atoms with Gasteiger partial charge in [0, 0.05) is 18.2 Å². The fourth-order valence-corrected chi connectivity index (χ4v) is 1.16. The summed E-state index contributed by atoms with van der Waals surface area (Å²) in [4.78, 5) is 13.1. The molecule has 0 amide bonds. The predicted molar refractivity (Wildman–Crippen MR) is 48.9 cm³/mol. The highest BCUT2D eigenvalue weighted by molar-refractivity contribution is 5.34. The summed E-state index contributed by atoms with van der Waals surface area (Å²) >= 11 is 0. The number of hydrogen-bond acceptors (Lipinski definition) is 3. The molecule has 0 unspecified atom stereocenters. The number of nitrogens with zero attached hydrogens (tertiary/aromatic N) is 1. The monoisotopic (exact) mass is 213 g/mol. The number of benzene rings is 1. The van der Waals surface area contributed by atoms with Crippen LogP contribution >= 0.6 is 0 Å². The third-order valence-electron chi connectivity index (χ3n) is 1.87. The Morgan fingerprint density at radius 2 is 2.20 bits per heavy atom. The van der Waals surface area contributed by atoms with Crippen LogP contribution in [0.3, 0.4) is 0 Å². The van der Waals surface area contributed by atoms with Crippen LogP contribution < -0.4 is 0 Å². The quantitative estimate of drug-likeness (QED) is 0.566. The van der Waals surface area contributed by atoms with E-state index in [0.717, 1.165) is 6.07 Å². The van der Waals surface area contributed by atoms with Crippen molar-refractivity contribution in [2.75, 3.05) is 7.11 Å². The van der Waals surface area contributed by atoms with E-state index in [1.807, 2.05) is 0 Å². The van der Waals surface area contributed by atoms with Gasteiger partial charge in [-0.15, -0.1) is 0 Å². The van der Waals surface area contributed by atoms with Gasteiger partial charge < -0.3 is 4.74 Å². The first-order valence-electron chi connectivity index (χ1n) is 4.19. The maximum absolute atomic E-state index is 13.5. The first-order valence-corrected chi connectivity index (χ1v) is 4.19. The average Bonchev–Trinajstić information content (AvgIpc) is 2.23. The smallest absolute Gasteiger partial charge is 0.235 e. The maximum Gasteiger partial charge on any atom is 0.235 e. The van der Waals surface area contributed by atoms with Crippen LogP contribution in [-0.4, -0.2) is 13.2 Å². The number of methoxy groups -OCH3 is 1. The highest BCUT2D eigenvalue weighted by Gasteiger charge is 2.12. The molecule has 0 atom stereocenters. The van der Waals surface area contributed by atoms with Crippen LogP contribution in [-0.2, 0) is 22.7 Å². The highest BCUT2D eigenvalue weighted by atomic mass is 19.1. The molecule has 0 aliphatic carbocycles. The van der Waals surface area contributed by atoms with E-state index in [9.17, 15) is 13.6 Å². The van der Waals surface area contributed by atoms with Crippen LogP contribution in [0.1, 0.15) is 11.1 Å². The fourth-order valence-electron chi connectivity index (χ4n) is 1.16. The number of ether oxygens (including phenoxy) is 1. The molecule has 0 aliphatic rings. The summed E-state index contributed by atoms with van der Waals surface area (Å²) in [6.45, 7) is -0.303. The van der Waals surface area contributed by atoms with Crippen LogP contribution in [0.5, 0.6) is 0 Å². The molecule has 0 fully saturated rings. The van der Waals surface area contributed by atoms with Crippen LogP contribution in [0, 0.1) is 11.6 Å². The molecular formula is C10H9F2NO2. The van der Waals surface area contributed by atoms with Crippen molar-refractivity contribution >= 4 is 6.08 Å². The van der Waals surface area contributed by atoms with Gasteiger partial charge in [0.15, 0.2) is 0 Å². The third-order valence-corrected chi connectivity index (χ3v) is 1.87. The van der Waals surface area contributed by atoms with Crippen LogP contribution in [0.15, 0.2) is 17.1 Å². The number of isocyanates is 1. The maximum atomic E-state index is 13.5. The third kappa shape index (κ3) is 2.68. The van der Waals surface area contributed by atoms with Crippen LogP contribution in [0.25, 0.3) is 0 Å². The molecule has 1 aromatic carbocycles. The minimum Gasteiger partial charge on any atom is -0.380 e. The minimum atomic E-state index is -0.726. The van der Waals surface area contributed by atoms with E-state index in [2.05, 4.69) is 9.73 Å². The molecule has 0 saturated carbocycles. The van der Waals surface area contributed by atoms with E-state index >= 15 is 0 Å². The first-order chi connectivity index (χ1) is 7.20. The number of hydrogen-bond donors (Lipinski definition) is 0. The number of aliphatic imine (C=N–C) groups is 1. The zero-order valence-electron chi connectivity index (χ0n) is 8.09. The SMILES string of the molecule is COCc1c(F)ccc(CN=C=O)c1F. The van der Waals surface area contributed by atoms with Gasteiger partial charge in [-0.2, -0.15) is 0 Å². The molecular weight excluding hydrogens is 204 g/mol. The van der Waals surface area contributed by atoms with E-state index in [0.29, 0.717) is 0 Å². The van der Waals surface area contributed by atoms with E-state index < -0.39 is 11.6 Å². The van der Waals surface area contributed by atoms with Gasteiger partial charge in [-0.05, 0) is 6.07 Å². The molecule has 0 saturated heterocycles. The number of carbonyl (C=O) groups excluding carboxylic acids is 1. The Bertz CT molecular complexity index is 401. The van der Waals surface area contributed by atoms with Gasteiger partial charge in [-0.3, -0.25) is 0 Å². The summed E-state index contributed by atoms with van der Waals surface area (Å²) in [6, 6.07) is 2.36. The van der Waals surface area contributed by atoms with Gasteiger partial charge in [0.25, 0.3) is 0 Å². The highest BCUT2D eigenvalue weighted by Crippen LogP contribution is 2.18. The lowest BCUT2D eigenvalue weighted by Gasteiger charge is -2.06. The second-order valence-corrected chi connectivity index (χ2v) is 2.84. The molecule has 1 aromatic rings. The molecule has 15 heavy (non-hydrogen) atoms. The molecule has 0 bridgehead atoms. The van der Waals surface area contributed by atoms with E-state index in [-0.39, 0.29) is 24.3 Å². The fraction of sp³-hybridized carbons (Fsp3) is 0.300. The lowest BCUT2D eigenvalue weighted by atomic mass is 10.1. The zero-order chi connectivity index (χ0) is 11.3. The first kappa shape index (κ1) is 11.5. The Morgan fingerprint density at radius 1 is 1.47 bits per heavy atom. The summed E-state index contributed by atoms with van der Waals surface area (Å²) in [6.07, 6.45) is 1.29. The van der Waals surface area contributed by atoms with Crippen LogP contribution in [0.4, 0.5) is 8.78 Å². The van der Waals surface area contributed by atoms with Gasteiger partial charge in [0.1, 0.15) is 11.6 Å².